The van der Waals surface area contributed by atoms with Crippen molar-refractivity contribution in [3.05, 3.63) is 105 Å². The molecule has 0 unspecified atom stereocenters. The lowest BCUT2D eigenvalue weighted by atomic mass is 9.92. The number of hydrogen-bond acceptors (Lipinski definition) is 9. The summed E-state index contributed by atoms with van der Waals surface area (Å²) in [7, 11) is -9.62. The number of rotatable bonds is 6. The van der Waals surface area contributed by atoms with E-state index in [1.165, 1.54) is 30.3 Å². The van der Waals surface area contributed by atoms with Gasteiger partial charge in [0.2, 0.25) is 0 Å². The van der Waals surface area contributed by atoms with Crippen molar-refractivity contribution >= 4 is 59.6 Å². The summed E-state index contributed by atoms with van der Waals surface area (Å²) in [5.41, 5.74) is 21.6. The summed E-state index contributed by atoms with van der Waals surface area (Å²) in [6, 6.07) is 15.8. The number of anilines is 4. The van der Waals surface area contributed by atoms with Crippen molar-refractivity contribution in [2.75, 3.05) is 16.8 Å². The van der Waals surface area contributed by atoms with Crippen LogP contribution in [-0.4, -0.2) is 25.9 Å². The lowest BCUT2D eigenvalue weighted by Crippen LogP contribution is -2.10. The van der Waals surface area contributed by atoms with Gasteiger partial charge in [0.05, 0.1) is 16.7 Å². The topological polar surface area (TPSA) is 198 Å². The smallest absolute Gasteiger partial charge is 0.296 e. The Morgan fingerprint density at radius 3 is 1.92 bits per heavy atom. The van der Waals surface area contributed by atoms with Crippen molar-refractivity contribution in [3.8, 4) is 22.5 Å². The van der Waals surface area contributed by atoms with Crippen LogP contribution in [0.3, 0.4) is 0 Å². The third-order valence-electron chi connectivity index (χ3n) is 9.36. The van der Waals surface area contributed by atoms with Gasteiger partial charge in [0.15, 0.2) is 0 Å². The molecule has 0 saturated carbocycles. The molecule has 0 atom stereocenters. The molecule has 4 aromatic rings. The molecule has 1 aliphatic heterocycles. The molecule has 2 aliphatic rings. The van der Waals surface area contributed by atoms with Gasteiger partial charge in [-0.15, -0.1) is 0 Å². The number of benzene rings is 5. The van der Waals surface area contributed by atoms with Crippen molar-refractivity contribution in [1.82, 2.24) is 0 Å². The van der Waals surface area contributed by atoms with E-state index in [9.17, 15) is 25.9 Å². The highest BCUT2D eigenvalue weighted by Crippen LogP contribution is 2.45. The molecule has 11 nitrogen and oxygen atoms in total. The summed E-state index contributed by atoms with van der Waals surface area (Å²) in [5, 5.41) is 3.87. The molecule has 6 rings (SSSR count). The molecule has 13 heteroatoms. The number of nitrogens with one attached hydrogen (secondary N) is 1. The van der Waals surface area contributed by atoms with E-state index in [0.717, 1.165) is 27.8 Å². The van der Waals surface area contributed by atoms with Crippen molar-refractivity contribution < 1.29 is 30.4 Å². The van der Waals surface area contributed by atoms with Crippen LogP contribution in [0.2, 0.25) is 0 Å². The van der Waals surface area contributed by atoms with Crippen LogP contribution in [0.15, 0.2) is 79.9 Å². The highest BCUT2D eigenvalue weighted by Gasteiger charge is 2.27. The van der Waals surface area contributed by atoms with E-state index in [1.54, 1.807) is 25.1 Å². The van der Waals surface area contributed by atoms with Crippen LogP contribution < -0.4 is 22.1 Å². The maximum Gasteiger partial charge on any atom is 0.296 e. The van der Waals surface area contributed by atoms with Gasteiger partial charge in [-0.05, 0) is 106 Å². The lowest BCUT2D eigenvalue weighted by molar-refractivity contribution is 0.481. The molecule has 1 aliphatic carbocycles. The van der Waals surface area contributed by atoms with Gasteiger partial charge in [0.25, 0.3) is 20.2 Å². The van der Waals surface area contributed by atoms with Crippen molar-refractivity contribution in [3.63, 3.8) is 0 Å². The van der Waals surface area contributed by atoms with Gasteiger partial charge < -0.3 is 21.2 Å². The molecule has 0 bridgehead atoms. The maximum atomic E-state index is 13.0. The summed E-state index contributed by atoms with van der Waals surface area (Å²) < 4.78 is 78.7. The minimum absolute atomic E-state index is 0.00466. The van der Waals surface area contributed by atoms with Gasteiger partial charge in [0.1, 0.15) is 21.1 Å². The van der Waals surface area contributed by atoms with E-state index in [-0.39, 0.29) is 27.8 Å². The molecule has 0 fully saturated rings. The van der Waals surface area contributed by atoms with Gasteiger partial charge in [-0.1, -0.05) is 30.3 Å². The normalized spacial score (nSPS) is 12.6. The molecule has 0 spiro atoms. The molecule has 1 heterocycles. The number of aryl methyl sites for hydroxylation is 5. The first-order valence-electron chi connectivity index (χ1n) is 15.9. The Morgan fingerprint density at radius 1 is 0.667 bits per heavy atom. The predicted molar refractivity (Wildman–Crippen MR) is 201 cm³/mol. The average molecular weight is 727 g/mol. The van der Waals surface area contributed by atoms with Gasteiger partial charge >= 0.3 is 0 Å². The molecule has 4 aromatic carbocycles. The fourth-order valence-corrected chi connectivity index (χ4v) is 8.04. The first kappa shape index (κ1) is 35.6. The molecule has 0 amide bonds. The number of nitrogens with zero attached hydrogens (tertiary/aromatic N) is 1. The lowest BCUT2D eigenvalue weighted by Gasteiger charge is -2.21. The molecule has 0 saturated heterocycles. The predicted octanol–water partition coefficient (Wildman–Crippen LogP) is 8.00. The second-order valence-electron chi connectivity index (χ2n) is 13.0. The van der Waals surface area contributed by atoms with Gasteiger partial charge in [0, 0.05) is 51.3 Å². The quantitative estimate of drug-likeness (QED) is 0.0637. The number of nitrogens with two attached hydrogens (primary N) is 2. The first-order valence-corrected chi connectivity index (χ1v) is 18.8. The van der Waals surface area contributed by atoms with E-state index < -0.39 is 30.0 Å². The van der Waals surface area contributed by atoms with Crippen LogP contribution in [-0.2, 0) is 20.2 Å². The minimum atomic E-state index is -4.87. The van der Waals surface area contributed by atoms with E-state index >= 15 is 0 Å². The van der Waals surface area contributed by atoms with Crippen LogP contribution in [0, 0.1) is 48.5 Å². The van der Waals surface area contributed by atoms with E-state index in [4.69, 9.17) is 20.9 Å². The fraction of sp³-hybridized carbons (Fsp3) is 0.184. The Hall–Kier alpha value is -5.21. The third-order valence-corrected chi connectivity index (χ3v) is 11.2. The summed E-state index contributed by atoms with van der Waals surface area (Å²) in [5.74, 6) is 0.292. The first-order chi connectivity index (χ1) is 23.8. The van der Waals surface area contributed by atoms with Gasteiger partial charge in [-0.25, -0.2) is 4.99 Å². The molecular formula is C38H38N4O7S2. The van der Waals surface area contributed by atoms with Crippen LogP contribution >= 0.6 is 0 Å². The van der Waals surface area contributed by atoms with Crippen molar-refractivity contribution in [2.45, 2.75) is 58.3 Å². The van der Waals surface area contributed by atoms with Crippen LogP contribution in [0.5, 0.6) is 0 Å². The Morgan fingerprint density at radius 2 is 1.27 bits per heavy atom. The largest absolute Gasteiger partial charge is 0.456 e. The van der Waals surface area contributed by atoms with E-state index in [1.807, 2.05) is 53.7 Å². The van der Waals surface area contributed by atoms with Crippen LogP contribution in [0.4, 0.5) is 28.4 Å². The third kappa shape index (κ3) is 6.33. The molecular weight excluding hydrogens is 689 g/mol. The molecule has 0 radical (unpaired) electrons. The minimum Gasteiger partial charge on any atom is -0.456 e. The Labute approximate surface area is 296 Å². The SMILES string of the molecule is Cc1cc(C)c(N=c2cc3oc4cc(Nc5c(C)cc(C)c(N)c5C)c(S(=O)(=O)O)cc4c(-c4ccccc4S(=O)(=O)O)c-3cc2C)c(C)c1N. The van der Waals surface area contributed by atoms with Gasteiger partial charge in [-0.3, -0.25) is 9.11 Å². The van der Waals surface area contributed by atoms with E-state index in [2.05, 4.69) is 5.32 Å². The number of fused-ring (bicyclic) bond motifs is 2. The maximum absolute atomic E-state index is 13.0. The highest BCUT2D eigenvalue weighted by atomic mass is 32.2. The molecule has 51 heavy (non-hydrogen) atoms. The summed E-state index contributed by atoms with van der Waals surface area (Å²) in [6.07, 6.45) is 0. The monoisotopic (exact) mass is 726 g/mol. The number of hydrogen-bond donors (Lipinski definition) is 5. The zero-order valence-corrected chi connectivity index (χ0v) is 30.8. The number of nitrogen functional groups attached to an aromatic ring is 2. The Balaban J connectivity index is 1.76. The zero-order valence-electron chi connectivity index (χ0n) is 29.1. The average Bonchev–Trinajstić information content (AvgIpc) is 3.04. The Kier molecular flexibility index (Phi) is 8.75. The van der Waals surface area contributed by atoms with Gasteiger partial charge in [-0.2, -0.15) is 16.8 Å². The highest BCUT2D eigenvalue weighted by molar-refractivity contribution is 7.86. The zero-order chi connectivity index (χ0) is 37.3. The summed E-state index contributed by atoms with van der Waals surface area (Å²) in [4.78, 5) is 4.09. The molecule has 0 aromatic heterocycles. The summed E-state index contributed by atoms with van der Waals surface area (Å²) >= 11 is 0. The van der Waals surface area contributed by atoms with Crippen molar-refractivity contribution in [2.24, 2.45) is 4.99 Å². The second-order valence-corrected chi connectivity index (χ2v) is 15.7. The van der Waals surface area contributed by atoms with Crippen LogP contribution in [0.1, 0.15) is 38.9 Å². The standard InChI is InChI=1S/C38H38N4O7S2/c1-18-14-26-30(16-28(18)41-37-21(4)12-19(2)35(39)23(37)6)49-31-17-29(42-38-22(5)13-20(3)36(40)24(38)7)33(51(46,47)48)15-27(31)34(26)25-10-8-9-11-32(25)50(43,44)45/h8-17,42H,39-40H2,1-7H3,(H,43,44,45)(H,46,47,48). The molecule has 264 valence electrons. The Bertz CT molecular complexity index is 2720. The van der Waals surface area contributed by atoms with Crippen molar-refractivity contribution in [1.29, 1.82) is 0 Å². The molecule has 7 N–H and O–H groups in total. The second kappa shape index (κ2) is 12.5. The fourth-order valence-electron chi connectivity index (χ4n) is 6.69. The van der Waals surface area contributed by atoms with Crippen LogP contribution in [0.25, 0.3) is 33.4 Å². The summed E-state index contributed by atoms with van der Waals surface area (Å²) in [6.45, 7) is 13.1. The van der Waals surface area contributed by atoms with E-state index in [0.29, 0.717) is 50.6 Å².